The fraction of sp³-hybridized carbons (Fsp3) is 0.0811. The summed E-state index contributed by atoms with van der Waals surface area (Å²) in [5, 5.41) is 8.88. The minimum Gasteiger partial charge on any atom is -0.423 e. The molecule has 5 rings (SSSR count). The molecule has 3 nitrogen and oxygen atoms in total. The Morgan fingerprint density at radius 2 is 1.51 bits per heavy atom. The number of ether oxygens (including phenoxy) is 1. The van der Waals surface area contributed by atoms with E-state index in [4.69, 9.17) is 10.00 Å². The van der Waals surface area contributed by atoms with Gasteiger partial charge in [0.25, 0.3) is 0 Å². The topological polar surface area (TPSA) is 50.1 Å². The number of halogens is 1. The Hall–Kier alpha value is -5.27. The lowest BCUT2D eigenvalue weighted by molar-refractivity contribution is 0.0734. The van der Waals surface area contributed by atoms with Crippen molar-refractivity contribution >= 4 is 18.1 Å². The second kappa shape index (κ2) is 12.7. The first-order chi connectivity index (χ1) is 20.0. The third-order valence-electron chi connectivity index (χ3n) is 6.99. The number of carbonyl (C=O) groups is 1. The fourth-order valence-corrected chi connectivity index (χ4v) is 4.61. The van der Waals surface area contributed by atoms with Crippen molar-refractivity contribution in [1.82, 2.24) is 0 Å². The van der Waals surface area contributed by atoms with Crippen molar-refractivity contribution in [3.05, 3.63) is 161 Å². The molecule has 5 aromatic rings. The average Bonchev–Trinajstić information content (AvgIpc) is 3.02. The maximum atomic E-state index is 15.0. The predicted molar refractivity (Wildman–Crippen MR) is 162 cm³/mol. The summed E-state index contributed by atoms with van der Waals surface area (Å²) in [6, 6.07) is 39.3. The highest BCUT2D eigenvalue weighted by atomic mass is 19.1. The van der Waals surface area contributed by atoms with E-state index in [0.717, 1.165) is 23.1 Å². The van der Waals surface area contributed by atoms with E-state index in [-0.39, 0.29) is 5.82 Å². The summed E-state index contributed by atoms with van der Waals surface area (Å²) in [5.74, 6) is -0.0104. The van der Waals surface area contributed by atoms with Crippen LogP contribution in [0, 0.1) is 17.1 Å². The lowest BCUT2D eigenvalue weighted by Crippen LogP contribution is -2.08. The van der Waals surface area contributed by atoms with Gasteiger partial charge in [-0.2, -0.15) is 5.26 Å². The van der Waals surface area contributed by atoms with Gasteiger partial charge in [0, 0.05) is 5.56 Å². The zero-order chi connectivity index (χ0) is 28.6. The molecule has 0 heterocycles. The number of nitrogens with zero attached hydrogens (tertiary/aromatic N) is 1. The molecule has 5 aromatic carbocycles. The number of carbonyl (C=O) groups excluding carboxylic acids is 1. The molecule has 200 valence electrons. The van der Waals surface area contributed by atoms with E-state index in [1.807, 2.05) is 30.3 Å². The van der Waals surface area contributed by atoms with Crippen LogP contribution in [0.2, 0.25) is 0 Å². The summed E-state index contributed by atoms with van der Waals surface area (Å²) in [6.45, 7) is 2.23. The molecule has 0 aliphatic heterocycles. The van der Waals surface area contributed by atoms with Gasteiger partial charge in [-0.25, -0.2) is 9.18 Å². The van der Waals surface area contributed by atoms with Gasteiger partial charge in [0.15, 0.2) is 0 Å². The maximum Gasteiger partial charge on any atom is 0.343 e. The normalized spacial score (nSPS) is 11.6. The second-order valence-electron chi connectivity index (χ2n) is 9.93. The molecule has 0 aliphatic carbocycles. The van der Waals surface area contributed by atoms with Crippen LogP contribution in [0.5, 0.6) is 5.75 Å². The lowest BCUT2D eigenvalue weighted by Gasteiger charge is -2.12. The number of benzene rings is 5. The van der Waals surface area contributed by atoms with Gasteiger partial charge in [-0.05, 0) is 82.6 Å². The monoisotopic (exact) mass is 537 g/mol. The first-order valence-electron chi connectivity index (χ1n) is 13.4. The molecule has 0 saturated carbocycles. The quantitative estimate of drug-likeness (QED) is 0.113. The average molecular weight is 538 g/mol. The van der Waals surface area contributed by atoms with Crippen LogP contribution in [0.4, 0.5) is 4.39 Å². The standard InChI is InChI=1S/C37H28FNO2/c1-26(30-5-3-2-4-6-30)23-28-10-14-31(15-11-28)34-20-19-32(36(38)24-34)16-7-27-8-17-33(18-9-27)37(40)41-35-21-12-29(25-39)13-22-35/h2-22,24,26H,23H2,1H3/t26-/m1/s1. The Morgan fingerprint density at radius 1 is 0.829 bits per heavy atom. The van der Waals surface area contributed by atoms with Crippen molar-refractivity contribution in [3.8, 4) is 22.9 Å². The molecule has 0 amide bonds. The van der Waals surface area contributed by atoms with Crippen LogP contribution in [0.25, 0.3) is 23.3 Å². The lowest BCUT2D eigenvalue weighted by atomic mass is 9.93. The van der Waals surface area contributed by atoms with Crippen LogP contribution in [0.1, 0.15) is 51.0 Å². The molecule has 0 fully saturated rings. The summed E-state index contributed by atoms with van der Waals surface area (Å²) < 4.78 is 20.3. The Bertz CT molecular complexity index is 1700. The summed E-state index contributed by atoms with van der Waals surface area (Å²) in [5.41, 5.74) is 6.55. The highest BCUT2D eigenvalue weighted by Crippen LogP contribution is 2.26. The van der Waals surface area contributed by atoms with Crippen LogP contribution >= 0.6 is 0 Å². The smallest absolute Gasteiger partial charge is 0.343 e. The minimum atomic E-state index is -0.495. The van der Waals surface area contributed by atoms with E-state index < -0.39 is 5.97 Å². The van der Waals surface area contributed by atoms with Gasteiger partial charge in [-0.15, -0.1) is 0 Å². The molecule has 1 atom stereocenters. The summed E-state index contributed by atoms with van der Waals surface area (Å²) in [4.78, 5) is 12.4. The molecular weight excluding hydrogens is 509 g/mol. The van der Waals surface area contributed by atoms with E-state index in [2.05, 4.69) is 43.3 Å². The highest BCUT2D eigenvalue weighted by molar-refractivity contribution is 5.91. The molecule has 0 radical (unpaired) electrons. The zero-order valence-electron chi connectivity index (χ0n) is 22.6. The number of nitriles is 1. The van der Waals surface area contributed by atoms with Crippen molar-refractivity contribution in [1.29, 1.82) is 5.26 Å². The van der Waals surface area contributed by atoms with Crippen molar-refractivity contribution in [2.45, 2.75) is 19.3 Å². The van der Waals surface area contributed by atoms with Gasteiger partial charge < -0.3 is 4.74 Å². The number of rotatable bonds is 8. The fourth-order valence-electron chi connectivity index (χ4n) is 4.61. The van der Waals surface area contributed by atoms with Crippen LogP contribution in [0.15, 0.2) is 121 Å². The zero-order valence-corrected chi connectivity index (χ0v) is 22.6. The van der Waals surface area contributed by atoms with E-state index in [1.165, 1.54) is 11.1 Å². The molecule has 41 heavy (non-hydrogen) atoms. The van der Waals surface area contributed by atoms with E-state index >= 15 is 0 Å². The van der Waals surface area contributed by atoms with E-state index in [9.17, 15) is 9.18 Å². The summed E-state index contributed by atoms with van der Waals surface area (Å²) in [7, 11) is 0. The van der Waals surface area contributed by atoms with Gasteiger partial charge in [0.05, 0.1) is 17.2 Å². The first kappa shape index (κ1) is 27.3. The van der Waals surface area contributed by atoms with Crippen molar-refractivity contribution in [2.24, 2.45) is 0 Å². The molecule has 0 N–H and O–H groups in total. The summed E-state index contributed by atoms with van der Waals surface area (Å²) >= 11 is 0. The molecule has 0 unspecified atom stereocenters. The van der Waals surface area contributed by atoms with E-state index in [0.29, 0.717) is 28.4 Å². The molecule has 4 heteroatoms. The third kappa shape index (κ3) is 7.03. The van der Waals surface area contributed by atoms with Gasteiger partial charge in [0.1, 0.15) is 11.6 Å². The molecule has 0 aliphatic rings. The molecule has 0 aromatic heterocycles. The third-order valence-corrected chi connectivity index (χ3v) is 6.99. The van der Waals surface area contributed by atoms with Gasteiger partial charge in [-0.3, -0.25) is 0 Å². The Labute approximate surface area is 239 Å². The van der Waals surface area contributed by atoms with Gasteiger partial charge >= 0.3 is 5.97 Å². The number of esters is 1. The Kier molecular flexibility index (Phi) is 8.47. The number of hydrogen-bond acceptors (Lipinski definition) is 3. The van der Waals surface area contributed by atoms with E-state index in [1.54, 1.807) is 72.8 Å². The van der Waals surface area contributed by atoms with Crippen LogP contribution in [-0.4, -0.2) is 5.97 Å². The largest absolute Gasteiger partial charge is 0.423 e. The van der Waals surface area contributed by atoms with Crippen LogP contribution in [0.3, 0.4) is 0 Å². The minimum absolute atomic E-state index is 0.303. The second-order valence-corrected chi connectivity index (χ2v) is 9.93. The predicted octanol–water partition coefficient (Wildman–Crippen LogP) is 9.10. The molecule has 0 saturated heterocycles. The number of hydrogen-bond donors (Lipinski definition) is 0. The van der Waals surface area contributed by atoms with Gasteiger partial charge in [-0.1, -0.05) is 97.9 Å². The molecule has 0 bridgehead atoms. The van der Waals surface area contributed by atoms with Gasteiger partial charge in [0.2, 0.25) is 0 Å². The van der Waals surface area contributed by atoms with Crippen LogP contribution in [-0.2, 0) is 6.42 Å². The summed E-state index contributed by atoms with van der Waals surface area (Å²) in [6.07, 6.45) is 4.47. The molecular formula is C37H28FNO2. The first-order valence-corrected chi connectivity index (χ1v) is 13.4. The Balaban J connectivity index is 1.20. The maximum absolute atomic E-state index is 15.0. The van der Waals surface area contributed by atoms with Crippen molar-refractivity contribution < 1.29 is 13.9 Å². The molecule has 0 spiro atoms. The van der Waals surface area contributed by atoms with Crippen molar-refractivity contribution in [3.63, 3.8) is 0 Å². The van der Waals surface area contributed by atoms with Crippen LogP contribution < -0.4 is 4.74 Å². The Morgan fingerprint density at radius 3 is 2.17 bits per heavy atom. The SMILES string of the molecule is C[C@H](Cc1ccc(-c2ccc(C=Cc3ccc(C(=O)Oc4ccc(C#N)cc4)cc3)c(F)c2)cc1)c1ccccc1. The van der Waals surface area contributed by atoms with Crippen molar-refractivity contribution in [2.75, 3.05) is 0 Å². The highest BCUT2D eigenvalue weighted by Gasteiger charge is 2.10.